The number of aryl methyl sites for hydroxylation is 3. The van der Waals surface area contributed by atoms with Crippen LogP contribution in [0.3, 0.4) is 0 Å². The molecule has 3 aromatic carbocycles. The molecule has 30 heavy (non-hydrogen) atoms. The van der Waals surface area contributed by atoms with Gasteiger partial charge in [-0.1, -0.05) is 48.0 Å². The predicted molar refractivity (Wildman–Crippen MR) is 122 cm³/mol. The molecule has 0 saturated carbocycles. The molecule has 1 aliphatic rings. The zero-order valence-electron chi connectivity index (χ0n) is 17.0. The first-order valence-corrected chi connectivity index (χ1v) is 10.0. The summed E-state index contributed by atoms with van der Waals surface area (Å²) in [6, 6.07) is 20.2. The summed E-state index contributed by atoms with van der Waals surface area (Å²) in [5.41, 5.74) is 5.67. The van der Waals surface area contributed by atoms with Crippen molar-refractivity contribution >= 4 is 40.4 Å². The molecule has 0 bridgehead atoms. The smallest absolute Gasteiger partial charge is 0.282 e. The second-order valence-corrected chi connectivity index (χ2v) is 7.85. The van der Waals surface area contributed by atoms with E-state index < -0.39 is 0 Å². The third kappa shape index (κ3) is 3.51. The average Bonchev–Trinajstić information content (AvgIpc) is 2.96. The monoisotopic (exact) mass is 416 g/mol. The predicted octanol–water partition coefficient (Wildman–Crippen LogP) is 5.66. The highest BCUT2D eigenvalue weighted by atomic mass is 35.5. The molecule has 0 aliphatic carbocycles. The number of rotatable bonds is 4. The van der Waals surface area contributed by atoms with Crippen LogP contribution >= 0.6 is 11.6 Å². The number of amides is 2. The van der Waals surface area contributed by atoms with Gasteiger partial charge >= 0.3 is 0 Å². The Balaban J connectivity index is 1.84. The molecule has 150 valence electrons. The fourth-order valence-electron chi connectivity index (χ4n) is 3.53. The Morgan fingerprint density at radius 3 is 2.13 bits per heavy atom. The van der Waals surface area contributed by atoms with E-state index in [1.54, 1.807) is 30.3 Å². The largest absolute Gasteiger partial charge is 0.350 e. The molecule has 1 N–H and O–H groups in total. The Hall–Kier alpha value is -3.37. The number of hydrogen-bond acceptors (Lipinski definition) is 3. The number of imide groups is 1. The Morgan fingerprint density at radius 1 is 0.767 bits per heavy atom. The van der Waals surface area contributed by atoms with Gasteiger partial charge in [-0.3, -0.25) is 9.59 Å². The van der Waals surface area contributed by atoms with Gasteiger partial charge in [0, 0.05) is 10.7 Å². The third-order valence-corrected chi connectivity index (χ3v) is 5.60. The van der Waals surface area contributed by atoms with E-state index in [-0.39, 0.29) is 17.5 Å². The lowest BCUT2D eigenvalue weighted by Gasteiger charge is -2.17. The molecule has 0 fully saturated rings. The van der Waals surface area contributed by atoms with Crippen molar-refractivity contribution in [3.8, 4) is 0 Å². The number of halogens is 1. The number of anilines is 2. The highest BCUT2D eigenvalue weighted by Crippen LogP contribution is 2.35. The number of benzene rings is 3. The van der Waals surface area contributed by atoms with Gasteiger partial charge in [-0.05, 0) is 73.4 Å². The van der Waals surface area contributed by atoms with Crippen LogP contribution in [0.1, 0.15) is 22.3 Å². The normalized spacial score (nSPS) is 13.9. The molecule has 0 unspecified atom stereocenters. The quantitative estimate of drug-likeness (QED) is 0.558. The van der Waals surface area contributed by atoms with Gasteiger partial charge in [0.05, 0.1) is 11.3 Å². The molecule has 0 saturated heterocycles. The molecule has 5 heteroatoms. The van der Waals surface area contributed by atoms with Crippen LogP contribution in [0.5, 0.6) is 0 Å². The van der Waals surface area contributed by atoms with Gasteiger partial charge in [0.2, 0.25) is 0 Å². The molecule has 4 rings (SSSR count). The summed E-state index contributed by atoms with van der Waals surface area (Å²) < 4.78 is 0. The Morgan fingerprint density at radius 2 is 1.47 bits per heavy atom. The summed E-state index contributed by atoms with van der Waals surface area (Å²) in [4.78, 5) is 28.1. The number of carbonyl (C=O) groups excluding carboxylic acids is 2. The van der Waals surface area contributed by atoms with Crippen LogP contribution in [0.4, 0.5) is 11.4 Å². The molecular weight excluding hydrogens is 396 g/mol. The first kappa shape index (κ1) is 19.9. The Labute approximate surface area is 180 Å². The van der Waals surface area contributed by atoms with Gasteiger partial charge in [-0.15, -0.1) is 0 Å². The second kappa shape index (κ2) is 7.81. The third-order valence-electron chi connectivity index (χ3n) is 5.35. The number of hydrogen-bond donors (Lipinski definition) is 1. The van der Waals surface area contributed by atoms with Crippen LogP contribution in [0.15, 0.2) is 72.4 Å². The lowest BCUT2D eigenvalue weighted by Crippen LogP contribution is -2.33. The van der Waals surface area contributed by atoms with E-state index in [1.807, 2.05) is 57.2 Å². The van der Waals surface area contributed by atoms with Gasteiger partial charge in [-0.25, -0.2) is 4.90 Å². The molecule has 0 atom stereocenters. The molecule has 0 radical (unpaired) electrons. The minimum absolute atomic E-state index is 0.258. The maximum absolute atomic E-state index is 13.4. The van der Waals surface area contributed by atoms with Crippen LogP contribution in [-0.4, -0.2) is 11.8 Å². The van der Waals surface area contributed by atoms with Crippen molar-refractivity contribution in [3.63, 3.8) is 0 Å². The van der Waals surface area contributed by atoms with Crippen LogP contribution in [0, 0.1) is 20.8 Å². The fourth-order valence-corrected chi connectivity index (χ4v) is 3.65. The standard InChI is InChI=1S/C25H21ClN2O2/c1-15-8-13-20(14-17(15)3)27-23-22(18-9-11-19(26)12-10-18)24(29)28(25(23)30)21-7-5-4-6-16(21)2/h4-14,27H,1-3H3. The van der Waals surface area contributed by atoms with Gasteiger partial charge in [0.1, 0.15) is 5.70 Å². The van der Waals surface area contributed by atoms with Gasteiger partial charge in [0.25, 0.3) is 11.8 Å². The van der Waals surface area contributed by atoms with E-state index in [1.165, 1.54) is 4.90 Å². The van der Waals surface area contributed by atoms with Gasteiger partial charge in [0.15, 0.2) is 0 Å². The van der Waals surface area contributed by atoms with Crippen LogP contribution < -0.4 is 10.2 Å². The minimum Gasteiger partial charge on any atom is -0.350 e. The molecule has 4 nitrogen and oxygen atoms in total. The van der Waals surface area contributed by atoms with E-state index in [9.17, 15) is 9.59 Å². The van der Waals surface area contributed by atoms with Crippen molar-refractivity contribution in [2.75, 3.05) is 10.2 Å². The van der Waals surface area contributed by atoms with Crippen molar-refractivity contribution in [2.45, 2.75) is 20.8 Å². The van der Waals surface area contributed by atoms with Crippen molar-refractivity contribution in [3.05, 3.63) is 99.7 Å². The van der Waals surface area contributed by atoms with Gasteiger partial charge < -0.3 is 5.32 Å². The number of para-hydroxylation sites is 1. The molecule has 2 amide bonds. The van der Waals surface area contributed by atoms with Crippen molar-refractivity contribution in [1.82, 2.24) is 0 Å². The van der Waals surface area contributed by atoms with Crippen LogP contribution in [0.2, 0.25) is 5.02 Å². The number of nitrogens with zero attached hydrogens (tertiary/aromatic N) is 1. The van der Waals surface area contributed by atoms with E-state index >= 15 is 0 Å². The second-order valence-electron chi connectivity index (χ2n) is 7.41. The zero-order valence-corrected chi connectivity index (χ0v) is 17.7. The zero-order chi connectivity index (χ0) is 21.4. The highest BCUT2D eigenvalue weighted by Gasteiger charge is 2.40. The maximum atomic E-state index is 13.4. The highest BCUT2D eigenvalue weighted by molar-refractivity contribution is 6.46. The van der Waals surface area contributed by atoms with E-state index in [2.05, 4.69) is 5.32 Å². The van der Waals surface area contributed by atoms with E-state index in [0.29, 0.717) is 21.8 Å². The maximum Gasteiger partial charge on any atom is 0.282 e. The number of nitrogens with one attached hydrogen (secondary N) is 1. The summed E-state index contributed by atoms with van der Waals surface area (Å²) in [5.74, 6) is -0.736. The first-order valence-electron chi connectivity index (χ1n) is 9.65. The summed E-state index contributed by atoms with van der Waals surface area (Å²) in [7, 11) is 0. The van der Waals surface area contributed by atoms with Crippen molar-refractivity contribution in [1.29, 1.82) is 0 Å². The summed E-state index contributed by atoms with van der Waals surface area (Å²) in [5, 5.41) is 3.77. The Bertz CT molecular complexity index is 1200. The number of carbonyl (C=O) groups is 2. The van der Waals surface area contributed by atoms with Crippen molar-refractivity contribution in [2.24, 2.45) is 0 Å². The SMILES string of the molecule is Cc1ccc(NC2=C(c3ccc(Cl)cc3)C(=O)N(c3ccccc3C)C2=O)cc1C. The van der Waals surface area contributed by atoms with Crippen molar-refractivity contribution < 1.29 is 9.59 Å². The van der Waals surface area contributed by atoms with E-state index in [4.69, 9.17) is 11.6 Å². The van der Waals surface area contributed by atoms with Gasteiger partial charge in [-0.2, -0.15) is 0 Å². The molecule has 0 spiro atoms. The van der Waals surface area contributed by atoms with Crippen LogP contribution in [0.25, 0.3) is 5.57 Å². The fraction of sp³-hybridized carbons (Fsp3) is 0.120. The topological polar surface area (TPSA) is 49.4 Å². The summed E-state index contributed by atoms with van der Waals surface area (Å²) in [6.45, 7) is 5.92. The van der Waals surface area contributed by atoms with Crippen LogP contribution in [-0.2, 0) is 9.59 Å². The molecule has 1 heterocycles. The lowest BCUT2D eigenvalue weighted by atomic mass is 10.0. The molecular formula is C25H21ClN2O2. The first-order chi connectivity index (χ1) is 14.4. The minimum atomic E-state index is -0.377. The molecule has 0 aromatic heterocycles. The summed E-state index contributed by atoms with van der Waals surface area (Å²) in [6.07, 6.45) is 0. The molecule has 3 aromatic rings. The average molecular weight is 417 g/mol. The Kier molecular flexibility index (Phi) is 5.18. The lowest BCUT2D eigenvalue weighted by molar-refractivity contribution is -0.120. The van der Waals surface area contributed by atoms with E-state index in [0.717, 1.165) is 22.4 Å². The molecule has 1 aliphatic heterocycles. The summed E-state index contributed by atoms with van der Waals surface area (Å²) >= 11 is 6.03.